The van der Waals surface area contributed by atoms with E-state index in [0.29, 0.717) is 46.3 Å². The molecular formula is C34H37FN6O3. The Morgan fingerprint density at radius 1 is 1.02 bits per heavy atom. The molecule has 2 N–H and O–H groups in total. The van der Waals surface area contributed by atoms with Gasteiger partial charge in [-0.1, -0.05) is 31.7 Å². The second-order valence-corrected chi connectivity index (χ2v) is 10.4. The Bertz CT molecular complexity index is 1650. The quantitative estimate of drug-likeness (QED) is 0.247. The van der Waals surface area contributed by atoms with E-state index in [4.69, 9.17) is 19.5 Å². The molecule has 1 fully saturated rings. The maximum Gasteiger partial charge on any atom is 0.251 e. The number of ether oxygens (including phenoxy) is 2. The molecule has 1 amide bonds. The third-order valence-corrected chi connectivity index (χ3v) is 7.56. The summed E-state index contributed by atoms with van der Waals surface area (Å²) in [4.78, 5) is 29.7. The third-order valence-electron chi connectivity index (χ3n) is 7.56. The van der Waals surface area contributed by atoms with Gasteiger partial charge < -0.3 is 20.1 Å². The molecule has 1 saturated heterocycles. The van der Waals surface area contributed by atoms with Crippen molar-refractivity contribution < 1.29 is 18.7 Å². The lowest BCUT2D eigenvalue weighted by Gasteiger charge is -2.26. The van der Waals surface area contributed by atoms with Crippen molar-refractivity contribution in [2.45, 2.75) is 20.4 Å². The van der Waals surface area contributed by atoms with Crippen LogP contribution in [0, 0.1) is 5.82 Å². The summed E-state index contributed by atoms with van der Waals surface area (Å²) in [5.41, 5.74) is 4.92. The fourth-order valence-electron chi connectivity index (χ4n) is 5.30. The van der Waals surface area contributed by atoms with Gasteiger partial charge in [0, 0.05) is 65.4 Å². The molecule has 3 aromatic carbocycles. The number of nitrogens with one attached hydrogen (secondary N) is 2. The van der Waals surface area contributed by atoms with Crippen molar-refractivity contribution in [3.05, 3.63) is 101 Å². The minimum atomic E-state index is -0.386. The number of amides is 1. The van der Waals surface area contributed by atoms with Crippen LogP contribution in [-0.2, 0) is 11.3 Å². The van der Waals surface area contributed by atoms with Crippen molar-refractivity contribution in [3.63, 3.8) is 0 Å². The predicted molar refractivity (Wildman–Crippen MR) is 170 cm³/mol. The molecule has 4 aromatic rings. The van der Waals surface area contributed by atoms with Crippen molar-refractivity contribution in [3.8, 4) is 17.0 Å². The summed E-state index contributed by atoms with van der Waals surface area (Å²) in [6.07, 6.45) is 2.57. The molecule has 0 spiro atoms. The van der Waals surface area contributed by atoms with E-state index in [1.165, 1.54) is 6.07 Å². The van der Waals surface area contributed by atoms with E-state index in [1.54, 1.807) is 43.6 Å². The van der Waals surface area contributed by atoms with E-state index in [1.807, 2.05) is 30.3 Å². The number of hydrogen-bond acceptors (Lipinski definition) is 8. The van der Waals surface area contributed by atoms with E-state index in [-0.39, 0.29) is 25.7 Å². The summed E-state index contributed by atoms with van der Waals surface area (Å²) in [7, 11) is 1.61. The number of benzene rings is 3. The summed E-state index contributed by atoms with van der Waals surface area (Å²) in [6, 6.07) is 19.5. The Morgan fingerprint density at radius 2 is 1.86 bits per heavy atom. The molecule has 1 aromatic heterocycles. The zero-order chi connectivity index (χ0) is 29.6. The lowest BCUT2D eigenvalue weighted by molar-refractivity contribution is 0.0374. The Kier molecular flexibility index (Phi) is 9.93. The van der Waals surface area contributed by atoms with Gasteiger partial charge in [-0.25, -0.2) is 14.4 Å². The molecule has 2 aliphatic heterocycles. The van der Waals surface area contributed by atoms with Crippen molar-refractivity contribution in [1.82, 2.24) is 20.2 Å². The largest absolute Gasteiger partial charge is 0.497 e. The Labute approximate surface area is 257 Å². The highest BCUT2D eigenvalue weighted by atomic mass is 19.1. The van der Waals surface area contributed by atoms with Gasteiger partial charge in [-0.15, -0.1) is 0 Å². The van der Waals surface area contributed by atoms with Crippen LogP contribution in [0.2, 0.25) is 0 Å². The molecule has 3 heterocycles. The first-order valence-corrected chi connectivity index (χ1v) is 14.4. The van der Waals surface area contributed by atoms with Crippen LogP contribution in [0.15, 0.2) is 77.9 Å². The summed E-state index contributed by atoms with van der Waals surface area (Å²) < 4.78 is 25.8. The number of hydrogen-bond donors (Lipinski definition) is 2. The van der Waals surface area contributed by atoms with Crippen LogP contribution in [-0.4, -0.2) is 73.0 Å². The van der Waals surface area contributed by atoms with Crippen LogP contribution < -0.4 is 15.4 Å². The summed E-state index contributed by atoms with van der Waals surface area (Å²) >= 11 is 0. The number of fused-ring (bicyclic) bond motifs is 3. The standard InChI is InChI=1S/C33H33FN6O3.CH4/c1-42-25-7-4-6-24(19-25)38-33-37-21-23-20-36-31(27-8-2-3-9-29(27)34)28-18-22(10-11-26(28)30(23)39-33)32(41)35-12-5-13-40-14-16-43-17-15-40;/h2-4,6-11,18-19,21H,5,12-17,20H2,1H3,(H,35,41)(H,37,38,39);1H4. The van der Waals surface area contributed by atoms with E-state index >= 15 is 4.39 Å². The summed E-state index contributed by atoms with van der Waals surface area (Å²) in [6.45, 7) is 5.05. The first-order valence-electron chi connectivity index (χ1n) is 14.4. The fraction of sp³-hybridized carbons (Fsp3) is 0.294. The summed E-state index contributed by atoms with van der Waals surface area (Å²) in [5.74, 6) is 0.530. The minimum Gasteiger partial charge on any atom is -0.497 e. The average molecular weight is 597 g/mol. The van der Waals surface area contributed by atoms with Crippen LogP contribution in [0.4, 0.5) is 16.0 Å². The van der Waals surface area contributed by atoms with Gasteiger partial charge in [-0.2, -0.15) is 0 Å². The van der Waals surface area contributed by atoms with Gasteiger partial charge in [-0.3, -0.25) is 14.7 Å². The SMILES string of the molecule is C.COc1cccc(Nc2ncc3c(n2)-c2ccc(C(=O)NCCCN4CCOCC4)cc2C(c2ccccc2F)=NC3)c1. The number of rotatable bonds is 9. The Balaban J connectivity index is 0.00000384. The molecule has 0 saturated carbocycles. The van der Waals surface area contributed by atoms with E-state index in [9.17, 15) is 4.79 Å². The Hall–Kier alpha value is -4.67. The molecule has 2 aliphatic rings. The molecule has 0 radical (unpaired) electrons. The normalized spacial score (nSPS) is 14.3. The molecule has 9 nitrogen and oxygen atoms in total. The molecule has 0 atom stereocenters. The number of aromatic nitrogens is 2. The number of carbonyl (C=O) groups excluding carboxylic acids is 1. The van der Waals surface area contributed by atoms with Crippen molar-refractivity contribution in [2.24, 2.45) is 4.99 Å². The second-order valence-electron chi connectivity index (χ2n) is 10.4. The highest BCUT2D eigenvalue weighted by Crippen LogP contribution is 2.33. The molecule has 0 unspecified atom stereocenters. The van der Waals surface area contributed by atoms with Crippen molar-refractivity contribution >= 4 is 23.3 Å². The van der Waals surface area contributed by atoms with Gasteiger partial charge in [0.15, 0.2) is 0 Å². The molecule has 44 heavy (non-hydrogen) atoms. The van der Waals surface area contributed by atoms with Gasteiger partial charge in [-0.05, 0) is 49.4 Å². The Morgan fingerprint density at radius 3 is 2.68 bits per heavy atom. The zero-order valence-electron chi connectivity index (χ0n) is 24.0. The number of carbonyl (C=O) groups is 1. The minimum absolute atomic E-state index is 0. The lowest BCUT2D eigenvalue weighted by atomic mass is 9.93. The number of morpholine rings is 1. The van der Waals surface area contributed by atoms with Gasteiger partial charge in [0.2, 0.25) is 5.95 Å². The number of halogens is 1. The number of anilines is 2. The van der Waals surface area contributed by atoms with E-state index in [0.717, 1.165) is 56.1 Å². The molecule has 0 aliphatic carbocycles. The highest BCUT2D eigenvalue weighted by molar-refractivity contribution is 6.17. The van der Waals surface area contributed by atoms with Crippen LogP contribution >= 0.6 is 0 Å². The zero-order valence-corrected chi connectivity index (χ0v) is 24.0. The van der Waals surface area contributed by atoms with Crippen LogP contribution in [0.1, 0.15) is 40.9 Å². The van der Waals surface area contributed by atoms with Crippen LogP contribution in [0.25, 0.3) is 11.3 Å². The maximum atomic E-state index is 15.1. The van der Waals surface area contributed by atoms with Gasteiger partial charge in [0.25, 0.3) is 5.91 Å². The van der Waals surface area contributed by atoms with Gasteiger partial charge in [0.05, 0.1) is 38.3 Å². The van der Waals surface area contributed by atoms with Crippen LogP contribution in [0.5, 0.6) is 5.75 Å². The lowest BCUT2D eigenvalue weighted by Crippen LogP contribution is -2.38. The van der Waals surface area contributed by atoms with E-state index in [2.05, 4.69) is 20.5 Å². The molecule has 228 valence electrons. The highest BCUT2D eigenvalue weighted by Gasteiger charge is 2.24. The molecule has 6 rings (SSSR count). The molecule has 0 bridgehead atoms. The molecular weight excluding hydrogens is 559 g/mol. The molecule has 10 heteroatoms. The maximum absolute atomic E-state index is 15.1. The van der Waals surface area contributed by atoms with Crippen molar-refractivity contribution in [1.29, 1.82) is 0 Å². The van der Waals surface area contributed by atoms with Gasteiger partial charge >= 0.3 is 0 Å². The van der Waals surface area contributed by atoms with Crippen molar-refractivity contribution in [2.75, 3.05) is 51.8 Å². The predicted octanol–water partition coefficient (Wildman–Crippen LogP) is 5.47. The smallest absolute Gasteiger partial charge is 0.251 e. The average Bonchev–Trinajstić information content (AvgIpc) is 3.20. The van der Waals surface area contributed by atoms with Crippen LogP contribution in [0.3, 0.4) is 0 Å². The number of nitrogens with zero attached hydrogens (tertiary/aromatic N) is 4. The van der Waals surface area contributed by atoms with E-state index < -0.39 is 0 Å². The topological polar surface area (TPSA) is 101 Å². The first kappa shape index (κ1) is 30.8. The number of methoxy groups -OCH3 is 1. The number of aliphatic imine (C=N–C) groups is 1. The van der Waals surface area contributed by atoms with Gasteiger partial charge in [0.1, 0.15) is 11.6 Å². The fourth-order valence-corrected chi connectivity index (χ4v) is 5.30. The monoisotopic (exact) mass is 596 g/mol. The second kappa shape index (κ2) is 14.2. The third kappa shape index (κ3) is 6.93. The summed E-state index contributed by atoms with van der Waals surface area (Å²) in [5, 5.41) is 6.27. The first-order chi connectivity index (χ1) is 21.1.